The number of imidazole rings is 1. The van der Waals surface area contributed by atoms with E-state index in [9.17, 15) is 9.59 Å². The molecule has 1 unspecified atom stereocenters. The van der Waals surface area contributed by atoms with Crippen LogP contribution in [-0.4, -0.2) is 31.3 Å². The maximum Gasteiger partial charge on any atom is 0.243 e. The lowest BCUT2D eigenvalue weighted by atomic mass is 9.97. The van der Waals surface area contributed by atoms with E-state index in [1.54, 1.807) is 24.0 Å². The van der Waals surface area contributed by atoms with Crippen LogP contribution in [0.5, 0.6) is 11.5 Å². The maximum absolute atomic E-state index is 15.1. The molecule has 4 aromatic heterocycles. The average Bonchev–Trinajstić information content (AvgIpc) is 3.61. The molecule has 0 saturated heterocycles. The van der Waals surface area contributed by atoms with Crippen LogP contribution in [0.4, 0.5) is 9.52 Å². The number of thiazole rings is 1. The average molecular weight is 537 g/mol. The number of anilines is 1. The number of primary amides is 1. The van der Waals surface area contributed by atoms with Crippen molar-refractivity contribution in [2.24, 2.45) is 5.73 Å². The maximum atomic E-state index is 15.1. The molecule has 0 saturated carbocycles. The van der Waals surface area contributed by atoms with Crippen LogP contribution in [0, 0.1) is 5.82 Å². The van der Waals surface area contributed by atoms with Gasteiger partial charge < -0.3 is 20.4 Å². The molecule has 12 heteroatoms. The number of benzene rings is 1. The van der Waals surface area contributed by atoms with Crippen molar-refractivity contribution >= 4 is 49.8 Å². The molecule has 5 aromatic rings. The van der Waals surface area contributed by atoms with Crippen LogP contribution in [0.2, 0.25) is 0 Å². The van der Waals surface area contributed by atoms with Crippen molar-refractivity contribution in [3.8, 4) is 22.1 Å². The van der Waals surface area contributed by atoms with Crippen LogP contribution >= 0.6 is 22.7 Å². The summed E-state index contributed by atoms with van der Waals surface area (Å²) < 4.78 is 23.8. The number of thiophene rings is 1. The van der Waals surface area contributed by atoms with Crippen LogP contribution in [0.25, 0.3) is 20.8 Å². The molecule has 2 amide bonds. The summed E-state index contributed by atoms with van der Waals surface area (Å²) in [7, 11) is 0. The molecule has 9 nitrogen and oxygen atoms in total. The highest BCUT2D eigenvalue weighted by Crippen LogP contribution is 2.39. The first-order chi connectivity index (χ1) is 17.8. The van der Waals surface area contributed by atoms with Crippen molar-refractivity contribution in [2.45, 2.75) is 25.8 Å². The first-order valence-electron chi connectivity index (χ1n) is 11.2. The number of amides is 2. The molecule has 188 valence electrons. The Bertz CT molecular complexity index is 1600. The molecule has 0 bridgehead atoms. The van der Waals surface area contributed by atoms with Crippen molar-refractivity contribution in [2.75, 3.05) is 5.32 Å². The van der Waals surface area contributed by atoms with Gasteiger partial charge in [0.15, 0.2) is 16.7 Å². The molecule has 1 aromatic carbocycles. The standard InChI is InChI=1S/C25H21FN6O3S2/c1-13(2)32-11-17(30-12-32)20-10-16-22(37-20)19(5-6-28-16)35-18-4-3-14(9-15(18)26)21(23(27)33)24(34)31-25-29-7-8-36-25/h3-13,21H,1-2H3,(H2,27,33)(H,29,31,34). The lowest BCUT2D eigenvalue weighted by Gasteiger charge is -2.14. The molecule has 0 aliphatic carbocycles. The first kappa shape index (κ1) is 24.5. The Kier molecular flexibility index (Phi) is 6.68. The number of pyridine rings is 1. The van der Waals surface area contributed by atoms with Gasteiger partial charge in [-0.05, 0) is 37.6 Å². The van der Waals surface area contributed by atoms with Gasteiger partial charge in [0, 0.05) is 36.1 Å². The van der Waals surface area contributed by atoms with Crippen LogP contribution in [0.3, 0.4) is 0 Å². The van der Waals surface area contributed by atoms with Gasteiger partial charge in [-0.3, -0.25) is 14.6 Å². The van der Waals surface area contributed by atoms with Crippen LogP contribution < -0.4 is 15.8 Å². The number of nitrogens with two attached hydrogens (primary N) is 1. The zero-order chi connectivity index (χ0) is 26.1. The van der Waals surface area contributed by atoms with Gasteiger partial charge >= 0.3 is 0 Å². The number of hydrogen-bond donors (Lipinski definition) is 2. The van der Waals surface area contributed by atoms with Gasteiger partial charge in [-0.2, -0.15) is 0 Å². The zero-order valence-electron chi connectivity index (χ0n) is 19.7. The Morgan fingerprint density at radius 1 is 1.11 bits per heavy atom. The normalized spacial score (nSPS) is 12.1. The third kappa shape index (κ3) is 5.06. The van der Waals surface area contributed by atoms with Gasteiger partial charge in [0.1, 0.15) is 11.7 Å². The Balaban J connectivity index is 1.41. The summed E-state index contributed by atoms with van der Waals surface area (Å²) in [5.74, 6) is -3.40. The van der Waals surface area contributed by atoms with E-state index in [1.165, 1.54) is 41.0 Å². The summed E-state index contributed by atoms with van der Waals surface area (Å²) in [6.45, 7) is 4.14. The smallest absolute Gasteiger partial charge is 0.243 e. The summed E-state index contributed by atoms with van der Waals surface area (Å²) in [6, 6.07) is 7.72. The second-order valence-corrected chi connectivity index (χ2v) is 10.3. The number of carbonyl (C=O) groups is 2. The second kappa shape index (κ2) is 10.1. The van der Waals surface area contributed by atoms with Crippen molar-refractivity contribution < 1.29 is 18.7 Å². The fourth-order valence-electron chi connectivity index (χ4n) is 3.67. The number of rotatable bonds is 8. The highest BCUT2D eigenvalue weighted by atomic mass is 32.1. The SMILES string of the molecule is CC(C)n1cnc(-c2cc3nccc(Oc4ccc(C(C(N)=O)C(=O)Nc5nccs5)cc4F)c3s2)c1. The van der Waals surface area contributed by atoms with E-state index in [1.807, 2.05) is 16.8 Å². The summed E-state index contributed by atoms with van der Waals surface area (Å²) in [4.78, 5) is 38.4. The van der Waals surface area contributed by atoms with Gasteiger partial charge in [0.25, 0.3) is 0 Å². The summed E-state index contributed by atoms with van der Waals surface area (Å²) in [5.41, 5.74) is 7.07. The molecule has 0 spiro atoms. The quantitative estimate of drug-likeness (QED) is 0.258. The molecule has 5 rings (SSSR count). The number of nitrogens with one attached hydrogen (secondary N) is 1. The van der Waals surface area contributed by atoms with Gasteiger partial charge in [-0.15, -0.1) is 22.7 Å². The number of aromatic nitrogens is 4. The fraction of sp³-hybridized carbons (Fsp3) is 0.160. The number of hydrogen-bond acceptors (Lipinski definition) is 8. The number of carbonyl (C=O) groups excluding carboxylic acids is 2. The van der Waals surface area contributed by atoms with Gasteiger partial charge in [0.2, 0.25) is 11.8 Å². The van der Waals surface area contributed by atoms with Crippen molar-refractivity contribution in [1.29, 1.82) is 0 Å². The number of halogens is 1. The summed E-state index contributed by atoms with van der Waals surface area (Å²) in [6.07, 6.45) is 6.84. The van der Waals surface area contributed by atoms with Crippen molar-refractivity contribution in [1.82, 2.24) is 19.5 Å². The monoisotopic (exact) mass is 536 g/mol. The Hall–Kier alpha value is -4.16. The van der Waals surface area contributed by atoms with Crippen LogP contribution in [0.1, 0.15) is 31.4 Å². The number of fused-ring (bicyclic) bond motifs is 1. The van der Waals surface area contributed by atoms with Gasteiger partial charge in [0.05, 0.1) is 27.1 Å². The van der Waals surface area contributed by atoms with E-state index in [0.29, 0.717) is 16.4 Å². The van der Waals surface area contributed by atoms with E-state index in [0.717, 1.165) is 21.3 Å². The van der Waals surface area contributed by atoms with Gasteiger partial charge in [-0.1, -0.05) is 6.07 Å². The zero-order valence-corrected chi connectivity index (χ0v) is 21.3. The van der Waals surface area contributed by atoms with Crippen LogP contribution in [-0.2, 0) is 9.59 Å². The minimum Gasteiger partial charge on any atom is -0.453 e. The Morgan fingerprint density at radius 3 is 2.62 bits per heavy atom. The van der Waals surface area contributed by atoms with Crippen molar-refractivity contribution in [3.05, 3.63) is 72.0 Å². The topological polar surface area (TPSA) is 125 Å². The third-order valence-electron chi connectivity index (χ3n) is 5.54. The highest BCUT2D eigenvalue weighted by molar-refractivity contribution is 7.22. The molecular formula is C25H21FN6O3S2. The molecule has 4 heterocycles. The van der Waals surface area contributed by atoms with E-state index in [2.05, 4.69) is 34.1 Å². The van der Waals surface area contributed by atoms with E-state index < -0.39 is 23.5 Å². The van der Waals surface area contributed by atoms with Crippen molar-refractivity contribution in [3.63, 3.8) is 0 Å². The predicted molar refractivity (Wildman–Crippen MR) is 140 cm³/mol. The van der Waals surface area contributed by atoms with Crippen LogP contribution in [0.15, 0.2) is 60.6 Å². The minimum atomic E-state index is -1.40. The van der Waals surface area contributed by atoms with E-state index in [4.69, 9.17) is 10.5 Å². The lowest BCUT2D eigenvalue weighted by Crippen LogP contribution is -2.32. The highest BCUT2D eigenvalue weighted by Gasteiger charge is 2.28. The number of ether oxygens (including phenoxy) is 1. The molecule has 1 atom stereocenters. The minimum absolute atomic E-state index is 0.0705. The summed E-state index contributed by atoms with van der Waals surface area (Å²) in [5, 5.41) is 4.50. The second-order valence-electron chi connectivity index (χ2n) is 8.39. The molecular weight excluding hydrogens is 515 g/mol. The number of nitrogens with zero attached hydrogens (tertiary/aromatic N) is 4. The van der Waals surface area contributed by atoms with Gasteiger partial charge in [-0.25, -0.2) is 14.4 Å². The predicted octanol–water partition coefficient (Wildman–Crippen LogP) is 5.34. The molecule has 0 aliphatic heterocycles. The summed E-state index contributed by atoms with van der Waals surface area (Å²) >= 11 is 2.63. The fourth-order valence-corrected chi connectivity index (χ4v) is 5.23. The molecule has 0 radical (unpaired) electrons. The third-order valence-corrected chi connectivity index (χ3v) is 7.39. The Labute approximate surface area is 218 Å². The molecule has 0 aliphatic rings. The van der Waals surface area contributed by atoms with E-state index in [-0.39, 0.29) is 17.4 Å². The Morgan fingerprint density at radius 2 is 1.95 bits per heavy atom. The first-order valence-corrected chi connectivity index (χ1v) is 12.9. The molecule has 37 heavy (non-hydrogen) atoms. The largest absolute Gasteiger partial charge is 0.453 e. The molecule has 3 N–H and O–H groups in total. The van der Waals surface area contributed by atoms with E-state index >= 15 is 4.39 Å². The lowest BCUT2D eigenvalue weighted by molar-refractivity contribution is -0.127. The molecule has 0 fully saturated rings.